The molecule has 0 saturated carbocycles. The molecule has 0 heterocycles. The summed E-state index contributed by atoms with van der Waals surface area (Å²) < 4.78 is 51.8. The van der Waals surface area contributed by atoms with Crippen LogP contribution in [0, 0.1) is 11.6 Å². The van der Waals surface area contributed by atoms with E-state index in [0.717, 1.165) is 12.1 Å². The van der Waals surface area contributed by atoms with Crippen LogP contribution in [-0.2, 0) is 19.6 Å². The van der Waals surface area contributed by atoms with Crippen LogP contribution in [-0.4, -0.2) is 33.3 Å². The minimum atomic E-state index is -4.13. The van der Waals surface area contributed by atoms with E-state index in [1.807, 2.05) is 0 Å². The third kappa shape index (κ3) is 5.74. The van der Waals surface area contributed by atoms with Crippen LogP contribution in [0.1, 0.15) is 12.8 Å². The van der Waals surface area contributed by atoms with Gasteiger partial charge in [-0.15, -0.1) is 0 Å². The van der Waals surface area contributed by atoms with Crippen molar-refractivity contribution in [2.45, 2.75) is 17.7 Å². The van der Waals surface area contributed by atoms with Gasteiger partial charge in [0.25, 0.3) is 0 Å². The molecule has 4 N–H and O–H groups in total. The normalized spacial score (nSPS) is 11.2. The summed E-state index contributed by atoms with van der Waals surface area (Å²) in [6.07, 6.45) is 0.0916. The predicted octanol–water partition coefficient (Wildman–Crippen LogP) is -0.375. The highest BCUT2D eigenvalue weighted by atomic mass is 32.2. The molecule has 0 bridgehead atoms. The summed E-state index contributed by atoms with van der Waals surface area (Å²) in [4.78, 5) is 21.0. The molecule has 0 aliphatic carbocycles. The third-order valence-corrected chi connectivity index (χ3v) is 4.01. The van der Waals surface area contributed by atoms with Crippen LogP contribution in [0.15, 0.2) is 23.1 Å². The first kappa shape index (κ1) is 18.0. The van der Waals surface area contributed by atoms with Crippen molar-refractivity contribution in [2.24, 2.45) is 5.73 Å². The van der Waals surface area contributed by atoms with Crippen molar-refractivity contribution >= 4 is 21.8 Å². The minimum Gasteiger partial charge on any atom is -0.368 e. The van der Waals surface area contributed by atoms with Gasteiger partial charge in [0.05, 0.1) is 6.54 Å². The van der Waals surface area contributed by atoms with E-state index in [1.165, 1.54) is 0 Å². The van der Waals surface area contributed by atoms with Gasteiger partial charge in [0, 0.05) is 19.0 Å². The van der Waals surface area contributed by atoms with Gasteiger partial charge in [-0.05, 0) is 18.6 Å². The molecular weight excluding hydrogens is 320 g/mol. The maximum atomic E-state index is 13.4. The van der Waals surface area contributed by atoms with Crippen LogP contribution in [0.4, 0.5) is 8.78 Å². The van der Waals surface area contributed by atoms with E-state index in [9.17, 15) is 26.8 Å². The second-order valence-corrected chi connectivity index (χ2v) is 6.05. The molecule has 0 aliphatic heterocycles. The smallest absolute Gasteiger partial charge is 0.243 e. The van der Waals surface area contributed by atoms with Crippen LogP contribution in [0.3, 0.4) is 0 Å². The molecule has 1 aromatic rings. The first-order valence-corrected chi connectivity index (χ1v) is 7.70. The van der Waals surface area contributed by atoms with Gasteiger partial charge in [-0.2, -0.15) is 0 Å². The second kappa shape index (κ2) is 7.80. The van der Waals surface area contributed by atoms with Crippen LogP contribution in [0.5, 0.6) is 0 Å². The molecule has 0 saturated heterocycles. The molecule has 0 fully saturated rings. The van der Waals surface area contributed by atoms with E-state index in [4.69, 9.17) is 5.73 Å². The number of hydrogen-bond donors (Lipinski definition) is 3. The Labute approximate surface area is 125 Å². The van der Waals surface area contributed by atoms with Gasteiger partial charge in [-0.3, -0.25) is 9.59 Å². The molecule has 0 aromatic heterocycles. The zero-order valence-corrected chi connectivity index (χ0v) is 12.3. The first-order valence-electron chi connectivity index (χ1n) is 6.22. The second-order valence-electron chi connectivity index (χ2n) is 4.32. The van der Waals surface area contributed by atoms with Crippen molar-refractivity contribution in [1.29, 1.82) is 0 Å². The highest BCUT2D eigenvalue weighted by molar-refractivity contribution is 7.89. The summed E-state index contributed by atoms with van der Waals surface area (Å²) in [7, 11) is -4.13. The average molecular weight is 335 g/mol. The molecule has 0 radical (unpaired) electrons. The molecule has 7 nitrogen and oxygen atoms in total. The molecule has 1 rings (SSSR count). The van der Waals surface area contributed by atoms with Crippen LogP contribution in [0.2, 0.25) is 0 Å². The maximum absolute atomic E-state index is 13.4. The van der Waals surface area contributed by atoms with E-state index in [0.29, 0.717) is 6.07 Å². The zero-order chi connectivity index (χ0) is 16.8. The van der Waals surface area contributed by atoms with Gasteiger partial charge in [0.2, 0.25) is 21.8 Å². The number of halogens is 2. The molecular formula is C12H15F2N3O4S. The highest BCUT2D eigenvalue weighted by Gasteiger charge is 2.19. The van der Waals surface area contributed by atoms with Crippen molar-refractivity contribution in [3.63, 3.8) is 0 Å². The number of sulfonamides is 1. The number of rotatable bonds is 8. The fraction of sp³-hybridized carbons (Fsp3) is 0.333. The SMILES string of the molecule is NC(=O)CNC(=O)CCCNS(=O)(=O)c1ccc(F)cc1F. The van der Waals surface area contributed by atoms with Crippen LogP contribution in [0.25, 0.3) is 0 Å². The Morgan fingerprint density at radius 2 is 1.91 bits per heavy atom. The number of primary amides is 1. The Morgan fingerprint density at radius 1 is 1.23 bits per heavy atom. The summed E-state index contributed by atoms with van der Waals surface area (Å²) >= 11 is 0. The van der Waals surface area contributed by atoms with Gasteiger partial charge in [-0.25, -0.2) is 21.9 Å². The molecule has 0 atom stereocenters. The van der Waals surface area contributed by atoms with Crippen molar-refractivity contribution in [1.82, 2.24) is 10.0 Å². The summed E-state index contributed by atoms with van der Waals surface area (Å²) in [6, 6.07) is 2.10. The van der Waals surface area contributed by atoms with Gasteiger partial charge in [0.15, 0.2) is 0 Å². The van der Waals surface area contributed by atoms with Gasteiger partial charge in [0.1, 0.15) is 16.5 Å². The molecule has 10 heteroatoms. The number of carbonyl (C=O) groups excluding carboxylic acids is 2. The van der Waals surface area contributed by atoms with E-state index in [-0.39, 0.29) is 25.9 Å². The summed E-state index contributed by atoms with van der Waals surface area (Å²) in [6.45, 7) is -0.422. The molecule has 0 aliphatic rings. The van der Waals surface area contributed by atoms with Gasteiger partial charge in [-0.1, -0.05) is 0 Å². The van der Waals surface area contributed by atoms with Crippen LogP contribution < -0.4 is 15.8 Å². The Hall–Kier alpha value is -2.07. The lowest BCUT2D eigenvalue weighted by Gasteiger charge is -2.08. The van der Waals surface area contributed by atoms with Gasteiger partial charge < -0.3 is 11.1 Å². The summed E-state index contributed by atoms with van der Waals surface area (Å²) in [5.41, 5.74) is 4.83. The average Bonchev–Trinajstić information content (AvgIpc) is 2.41. The Kier molecular flexibility index (Phi) is 6.38. The van der Waals surface area contributed by atoms with Crippen molar-refractivity contribution in [3.8, 4) is 0 Å². The highest BCUT2D eigenvalue weighted by Crippen LogP contribution is 2.15. The predicted molar refractivity (Wildman–Crippen MR) is 73.0 cm³/mol. The number of amides is 2. The lowest BCUT2D eigenvalue weighted by Crippen LogP contribution is -2.33. The van der Waals surface area contributed by atoms with Crippen molar-refractivity contribution < 1.29 is 26.8 Å². The van der Waals surface area contributed by atoms with E-state index in [1.54, 1.807) is 0 Å². The Balaban J connectivity index is 2.46. The number of hydrogen-bond acceptors (Lipinski definition) is 4. The molecule has 0 unspecified atom stereocenters. The molecule has 122 valence electrons. The topological polar surface area (TPSA) is 118 Å². The van der Waals surface area contributed by atoms with E-state index in [2.05, 4.69) is 10.0 Å². The number of nitrogens with two attached hydrogens (primary N) is 1. The maximum Gasteiger partial charge on any atom is 0.243 e. The Morgan fingerprint density at radius 3 is 2.50 bits per heavy atom. The van der Waals surface area contributed by atoms with Crippen LogP contribution >= 0.6 is 0 Å². The fourth-order valence-corrected chi connectivity index (χ4v) is 2.63. The Bertz CT molecular complexity index is 664. The van der Waals surface area contributed by atoms with E-state index < -0.39 is 38.4 Å². The molecule has 1 aromatic carbocycles. The quantitative estimate of drug-likeness (QED) is 0.561. The zero-order valence-electron chi connectivity index (χ0n) is 11.4. The summed E-state index contributed by atoms with van der Waals surface area (Å²) in [5.74, 6) is -3.25. The number of carbonyl (C=O) groups is 2. The lowest BCUT2D eigenvalue weighted by molar-refractivity contribution is -0.124. The largest absolute Gasteiger partial charge is 0.368 e. The number of benzene rings is 1. The first-order chi connectivity index (χ1) is 10.2. The van der Waals surface area contributed by atoms with E-state index >= 15 is 0 Å². The third-order valence-electron chi connectivity index (χ3n) is 2.52. The standard InChI is InChI=1S/C12H15F2N3O4S/c13-8-3-4-10(9(14)6-8)22(20,21)17-5-1-2-12(19)16-7-11(15)18/h3-4,6,17H,1-2,5,7H2,(H2,15,18)(H,16,19). The summed E-state index contributed by atoms with van der Waals surface area (Å²) in [5, 5.41) is 2.23. The minimum absolute atomic E-state index is 0.0400. The monoisotopic (exact) mass is 335 g/mol. The molecule has 0 spiro atoms. The molecule has 2 amide bonds. The number of nitrogens with one attached hydrogen (secondary N) is 2. The fourth-order valence-electron chi connectivity index (χ4n) is 1.50. The molecule has 22 heavy (non-hydrogen) atoms. The van der Waals surface area contributed by atoms with Gasteiger partial charge >= 0.3 is 0 Å². The lowest BCUT2D eigenvalue weighted by atomic mass is 10.3. The van der Waals surface area contributed by atoms with Crippen molar-refractivity contribution in [3.05, 3.63) is 29.8 Å². The van der Waals surface area contributed by atoms with Crippen molar-refractivity contribution in [2.75, 3.05) is 13.1 Å².